The lowest BCUT2D eigenvalue weighted by Gasteiger charge is -2.08. The van der Waals surface area contributed by atoms with Gasteiger partial charge in [0.2, 0.25) is 0 Å². The second kappa shape index (κ2) is 6.07. The van der Waals surface area contributed by atoms with Crippen LogP contribution in [0.1, 0.15) is 0 Å². The Hall–Kier alpha value is -2.98. The van der Waals surface area contributed by atoms with Gasteiger partial charge in [0.15, 0.2) is 15.7 Å². The standard InChI is InChI=1S/C16H16N6O3S/c1-26(24,25)11-2-3-12-13-8-17-21-15(13)16(20-14(12)6-11)19-10-7-18-22(9-10)4-5-23/h2-3,6-9,23H,4-5H2,1H3,(H,17,21)(H,19,20). The number of hydrogen-bond acceptors (Lipinski definition) is 7. The Morgan fingerprint density at radius 3 is 2.88 bits per heavy atom. The van der Waals surface area contributed by atoms with E-state index in [0.717, 1.165) is 10.8 Å². The lowest BCUT2D eigenvalue weighted by molar-refractivity contribution is 0.269. The first-order valence-corrected chi connectivity index (χ1v) is 9.72. The van der Waals surface area contributed by atoms with Gasteiger partial charge in [-0.15, -0.1) is 0 Å². The molecular weight excluding hydrogens is 356 g/mol. The van der Waals surface area contributed by atoms with Crippen LogP contribution in [0.5, 0.6) is 0 Å². The van der Waals surface area contributed by atoms with Crippen molar-refractivity contribution in [3.63, 3.8) is 0 Å². The molecule has 3 aromatic heterocycles. The van der Waals surface area contributed by atoms with Crippen LogP contribution in [-0.2, 0) is 16.4 Å². The van der Waals surface area contributed by atoms with Crippen molar-refractivity contribution in [1.82, 2.24) is 25.0 Å². The van der Waals surface area contributed by atoms with Crippen LogP contribution in [0.15, 0.2) is 41.7 Å². The van der Waals surface area contributed by atoms with Gasteiger partial charge in [0.05, 0.1) is 41.6 Å². The molecule has 0 fully saturated rings. The predicted octanol–water partition coefficient (Wildman–Crippen LogP) is 1.45. The van der Waals surface area contributed by atoms with Gasteiger partial charge in [-0.3, -0.25) is 9.78 Å². The van der Waals surface area contributed by atoms with E-state index >= 15 is 0 Å². The highest BCUT2D eigenvalue weighted by molar-refractivity contribution is 7.90. The molecule has 0 aliphatic carbocycles. The Labute approximate surface area is 148 Å². The van der Waals surface area contributed by atoms with Gasteiger partial charge in [0.25, 0.3) is 0 Å². The molecular formula is C16H16N6O3S. The third-order valence-electron chi connectivity index (χ3n) is 4.02. The quantitative estimate of drug-likeness (QED) is 0.484. The molecule has 3 heterocycles. The highest BCUT2D eigenvalue weighted by atomic mass is 32.2. The number of nitrogens with zero attached hydrogens (tertiary/aromatic N) is 4. The summed E-state index contributed by atoms with van der Waals surface area (Å²) in [4.78, 5) is 4.78. The van der Waals surface area contributed by atoms with Gasteiger partial charge < -0.3 is 10.4 Å². The number of rotatable bonds is 5. The Kier molecular flexibility index (Phi) is 3.85. The third-order valence-corrected chi connectivity index (χ3v) is 5.13. The monoisotopic (exact) mass is 372 g/mol. The number of aromatic nitrogens is 5. The van der Waals surface area contributed by atoms with E-state index in [0.29, 0.717) is 29.1 Å². The third kappa shape index (κ3) is 2.89. The predicted molar refractivity (Wildman–Crippen MR) is 97.1 cm³/mol. The number of anilines is 2. The number of benzene rings is 1. The minimum Gasteiger partial charge on any atom is -0.394 e. The summed E-state index contributed by atoms with van der Waals surface area (Å²) in [5, 5.41) is 24.9. The maximum absolute atomic E-state index is 11.8. The fraction of sp³-hybridized carbons (Fsp3) is 0.188. The number of aliphatic hydroxyl groups excluding tert-OH is 1. The van der Waals surface area contributed by atoms with Gasteiger partial charge in [-0.05, 0) is 12.1 Å². The minimum absolute atomic E-state index is 0.00555. The number of H-pyrrole nitrogens is 1. The van der Waals surface area contributed by atoms with Crippen molar-refractivity contribution in [1.29, 1.82) is 0 Å². The largest absolute Gasteiger partial charge is 0.394 e. The summed E-state index contributed by atoms with van der Waals surface area (Å²) in [7, 11) is -3.33. The first-order chi connectivity index (χ1) is 12.5. The molecule has 0 saturated heterocycles. The molecule has 0 atom stereocenters. The van der Waals surface area contributed by atoms with Crippen LogP contribution in [0.25, 0.3) is 21.8 Å². The van der Waals surface area contributed by atoms with E-state index in [1.165, 1.54) is 6.26 Å². The summed E-state index contributed by atoms with van der Waals surface area (Å²) in [6, 6.07) is 4.86. The lowest BCUT2D eigenvalue weighted by Crippen LogP contribution is -2.01. The highest BCUT2D eigenvalue weighted by Crippen LogP contribution is 2.30. The van der Waals surface area contributed by atoms with E-state index in [4.69, 9.17) is 5.11 Å². The molecule has 4 rings (SSSR count). The van der Waals surface area contributed by atoms with Crippen LogP contribution in [0.3, 0.4) is 0 Å². The van der Waals surface area contributed by atoms with E-state index in [9.17, 15) is 8.42 Å². The number of sulfone groups is 1. The smallest absolute Gasteiger partial charge is 0.175 e. The summed E-state index contributed by atoms with van der Waals surface area (Å²) in [6.45, 7) is 0.387. The number of aliphatic hydroxyl groups is 1. The lowest BCUT2D eigenvalue weighted by atomic mass is 10.1. The molecule has 0 bridgehead atoms. The molecule has 0 saturated carbocycles. The zero-order chi connectivity index (χ0) is 18.3. The molecule has 0 aliphatic rings. The van der Waals surface area contributed by atoms with Gasteiger partial charge in [0, 0.05) is 23.2 Å². The molecule has 10 heteroatoms. The van der Waals surface area contributed by atoms with Crippen LogP contribution in [0.2, 0.25) is 0 Å². The van der Waals surface area contributed by atoms with Gasteiger partial charge >= 0.3 is 0 Å². The fourth-order valence-corrected chi connectivity index (χ4v) is 3.43. The Morgan fingerprint density at radius 2 is 2.12 bits per heavy atom. The molecule has 0 amide bonds. The number of hydrogen-bond donors (Lipinski definition) is 3. The number of fused-ring (bicyclic) bond motifs is 3. The number of nitrogens with one attached hydrogen (secondary N) is 2. The molecule has 134 valence electrons. The maximum Gasteiger partial charge on any atom is 0.175 e. The molecule has 3 N–H and O–H groups in total. The van der Waals surface area contributed by atoms with Crippen LogP contribution in [0.4, 0.5) is 11.5 Å². The van der Waals surface area contributed by atoms with E-state index in [-0.39, 0.29) is 11.5 Å². The summed E-state index contributed by atoms with van der Waals surface area (Å²) >= 11 is 0. The van der Waals surface area contributed by atoms with Crippen molar-refractivity contribution in [3.05, 3.63) is 36.8 Å². The second-order valence-electron chi connectivity index (χ2n) is 5.91. The molecule has 0 radical (unpaired) electrons. The maximum atomic E-state index is 11.8. The van der Waals surface area contributed by atoms with Crippen molar-refractivity contribution in [2.45, 2.75) is 11.4 Å². The van der Waals surface area contributed by atoms with Crippen LogP contribution < -0.4 is 5.32 Å². The van der Waals surface area contributed by atoms with Crippen molar-refractivity contribution in [2.24, 2.45) is 0 Å². The van der Waals surface area contributed by atoms with Crippen molar-refractivity contribution in [3.8, 4) is 0 Å². The molecule has 1 aromatic carbocycles. The fourth-order valence-electron chi connectivity index (χ4n) is 2.79. The average Bonchev–Trinajstić information content (AvgIpc) is 3.24. The Morgan fingerprint density at radius 1 is 1.27 bits per heavy atom. The van der Waals surface area contributed by atoms with Gasteiger partial charge in [0.1, 0.15) is 5.52 Å². The van der Waals surface area contributed by atoms with Gasteiger partial charge in [-0.2, -0.15) is 10.2 Å². The van der Waals surface area contributed by atoms with E-state index < -0.39 is 9.84 Å². The van der Waals surface area contributed by atoms with Crippen LogP contribution >= 0.6 is 0 Å². The van der Waals surface area contributed by atoms with Gasteiger partial charge in [-0.25, -0.2) is 13.4 Å². The molecule has 0 aliphatic heterocycles. The molecule has 4 aromatic rings. The Bertz CT molecular complexity index is 1210. The van der Waals surface area contributed by atoms with Crippen LogP contribution in [0, 0.1) is 0 Å². The SMILES string of the molecule is CS(=O)(=O)c1ccc2c(c1)nc(Nc1cnn(CCO)c1)c1[nH]ncc12. The summed E-state index contributed by atoms with van der Waals surface area (Å²) in [5.41, 5.74) is 1.95. The van der Waals surface area contributed by atoms with E-state index in [2.05, 4.69) is 25.6 Å². The molecule has 0 spiro atoms. The van der Waals surface area contributed by atoms with E-state index in [1.807, 2.05) is 0 Å². The molecule has 26 heavy (non-hydrogen) atoms. The zero-order valence-corrected chi connectivity index (χ0v) is 14.7. The first kappa shape index (κ1) is 16.5. The molecule has 0 unspecified atom stereocenters. The average molecular weight is 372 g/mol. The van der Waals surface area contributed by atoms with Crippen molar-refractivity contribution >= 4 is 43.1 Å². The summed E-state index contributed by atoms with van der Waals surface area (Å²) in [6.07, 6.45) is 6.22. The van der Waals surface area contributed by atoms with Crippen molar-refractivity contribution < 1.29 is 13.5 Å². The number of aromatic amines is 1. The normalized spacial score (nSPS) is 12.1. The highest BCUT2D eigenvalue weighted by Gasteiger charge is 2.14. The molecule has 9 nitrogen and oxygen atoms in total. The van der Waals surface area contributed by atoms with Gasteiger partial charge in [-0.1, -0.05) is 6.07 Å². The van der Waals surface area contributed by atoms with Crippen molar-refractivity contribution in [2.75, 3.05) is 18.2 Å². The Balaban J connectivity index is 1.85. The first-order valence-electron chi connectivity index (χ1n) is 7.83. The number of pyridine rings is 1. The second-order valence-corrected chi connectivity index (χ2v) is 7.93. The zero-order valence-electron chi connectivity index (χ0n) is 13.8. The minimum atomic E-state index is -3.33. The van der Waals surface area contributed by atoms with Crippen LogP contribution in [-0.4, -0.2) is 51.3 Å². The summed E-state index contributed by atoms with van der Waals surface area (Å²) in [5.74, 6) is 0.513. The summed E-state index contributed by atoms with van der Waals surface area (Å²) < 4.78 is 25.3. The topological polar surface area (TPSA) is 126 Å². The van der Waals surface area contributed by atoms with E-state index in [1.54, 1.807) is 41.5 Å².